The average molecular weight is 617 g/mol. The molecule has 0 unspecified atom stereocenters. The first-order valence-corrected chi connectivity index (χ1v) is 16.2. The summed E-state index contributed by atoms with van der Waals surface area (Å²) in [5.41, 5.74) is 5.46. The molecule has 2 aliphatic carbocycles. The molecule has 3 aliphatic heterocycles. The number of amides is 1. The summed E-state index contributed by atoms with van der Waals surface area (Å²) >= 11 is 6.68. The SMILES string of the molecule is C=C(F)C(=O)N1CCN(c2nc(OCC34CCCN3CCC4)nc3c2CC[C@@]2(C=C(C)c4c(Cl)cccc42)C3)C[C@@H]1CC#N. The maximum Gasteiger partial charge on any atom is 0.318 e. The minimum Gasteiger partial charge on any atom is -0.461 e. The summed E-state index contributed by atoms with van der Waals surface area (Å²) in [4.78, 5) is 28.8. The van der Waals surface area contributed by atoms with Gasteiger partial charge in [0, 0.05) is 42.1 Å². The lowest BCUT2D eigenvalue weighted by Crippen LogP contribution is -2.55. The van der Waals surface area contributed by atoms with Crippen LogP contribution in [0.2, 0.25) is 5.02 Å². The summed E-state index contributed by atoms with van der Waals surface area (Å²) in [6.45, 7) is 9.23. The zero-order valence-electron chi connectivity index (χ0n) is 25.2. The van der Waals surface area contributed by atoms with E-state index in [2.05, 4.69) is 41.5 Å². The van der Waals surface area contributed by atoms with Gasteiger partial charge in [0.2, 0.25) is 0 Å². The molecule has 8 nitrogen and oxygen atoms in total. The summed E-state index contributed by atoms with van der Waals surface area (Å²) in [5.74, 6) is -0.959. The summed E-state index contributed by atoms with van der Waals surface area (Å²) in [6.07, 6.45) is 9.44. The molecular weight excluding hydrogens is 579 g/mol. The van der Waals surface area contributed by atoms with Gasteiger partial charge in [-0.3, -0.25) is 9.69 Å². The van der Waals surface area contributed by atoms with Crippen molar-refractivity contribution in [2.75, 3.05) is 44.2 Å². The van der Waals surface area contributed by atoms with Crippen LogP contribution in [0.25, 0.3) is 5.57 Å². The number of benzene rings is 1. The van der Waals surface area contributed by atoms with E-state index in [-0.39, 0.29) is 23.9 Å². The first-order valence-electron chi connectivity index (χ1n) is 15.8. The maximum absolute atomic E-state index is 13.9. The molecule has 1 amide bonds. The Kier molecular flexibility index (Phi) is 7.41. The van der Waals surface area contributed by atoms with Crippen molar-refractivity contribution in [2.45, 2.75) is 75.3 Å². The van der Waals surface area contributed by atoms with Crippen molar-refractivity contribution in [3.05, 3.63) is 64.1 Å². The zero-order valence-corrected chi connectivity index (χ0v) is 26.0. The smallest absolute Gasteiger partial charge is 0.318 e. The Balaban J connectivity index is 1.25. The Hall–Kier alpha value is -3.48. The molecule has 0 saturated carbocycles. The molecule has 5 aliphatic rings. The Labute approximate surface area is 263 Å². The van der Waals surface area contributed by atoms with E-state index in [0.717, 1.165) is 66.4 Å². The van der Waals surface area contributed by atoms with Crippen molar-refractivity contribution in [3.8, 4) is 12.1 Å². The molecule has 7 rings (SSSR count). The number of hydrogen-bond acceptors (Lipinski definition) is 7. The number of aromatic nitrogens is 2. The van der Waals surface area contributed by atoms with E-state index in [1.54, 1.807) is 0 Å². The number of carbonyl (C=O) groups is 1. The normalized spacial score (nSPS) is 25.3. The number of nitrogens with zero attached hydrogens (tertiary/aromatic N) is 6. The first kappa shape index (κ1) is 29.2. The molecular formula is C34H38ClFN6O2. The maximum atomic E-state index is 13.9. The molecule has 0 N–H and O–H groups in total. The number of nitriles is 1. The highest BCUT2D eigenvalue weighted by atomic mass is 35.5. The number of anilines is 1. The summed E-state index contributed by atoms with van der Waals surface area (Å²) in [7, 11) is 0. The second-order valence-corrected chi connectivity index (χ2v) is 13.6. The molecule has 1 spiro atoms. The third-order valence-corrected chi connectivity index (χ3v) is 11.0. The van der Waals surface area contributed by atoms with Gasteiger partial charge in [-0.1, -0.05) is 36.4 Å². The molecule has 3 fully saturated rings. The molecule has 1 aromatic carbocycles. The molecule has 4 heterocycles. The van der Waals surface area contributed by atoms with E-state index in [1.807, 2.05) is 12.1 Å². The van der Waals surface area contributed by atoms with Crippen molar-refractivity contribution in [3.63, 3.8) is 0 Å². The lowest BCUT2D eigenvalue weighted by atomic mass is 9.70. The van der Waals surface area contributed by atoms with Crippen LogP contribution >= 0.6 is 11.6 Å². The van der Waals surface area contributed by atoms with E-state index in [4.69, 9.17) is 26.3 Å². The quantitative estimate of drug-likeness (QED) is 0.402. The second-order valence-electron chi connectivity index (χ2n) is 13.2. The number of fused-ring (bicyclic) bond motifs is 4. The molecule has 1 aromatic heterocycles. The van der Waals surface area contributed by atoms with Crippen molar-refractivity contribution in [2.24, 2.45) is 0 Å². The van der Waals surface area contributed by atoms with Crippen LogP contribution in [0.1, 0.15) is 67.8 Å². The predicted molar refractivity (Wildman–Crippen MR) is 167 cm³/mol. The fourth-order valence-corrected chi connectivity index (χ4v) is 8.95. The fourth-order valence-electron chi connectivity index (χ4n) is 8.63. The number of carbonyl (C=O) groups excluding carboxylic acids is 1. The highest BCUT2D eigenvalue weighted by Gasteiger charge is 2.46. The van der Waals surface area contributed by atoms with Gasteiger partial charge in [-0.15, -0.1) is 0 Å². The van der Waals surface area contributed by atoms with Crippen LogP contribution < -0.4 is 9.64 Å². The summed E-state index contributed by atoms with van der Waals surface area (Å²) < 4.78 is 20.4. The number of halogens is 2. The standard InChI is InChI=1S/C34H38ClFN6O2/c1-22-18-33(26-6-3-7-27(35)29(22)26)12-8-25-28(19-33)38-32(44-21-34-10-4-14-41(34)15-5-11-34)39-30(25)40-16-17-42(31(43)23(2)36)24(20-40)9-13-37/h3,6-7,18,24H,2,4-5,8-12,14-17,19-21H2,1H3/t24-,33+/m0/s1. The minimum absolute atomic E-state index is 0.0558. The van der Waals surface area contributed by atoms with Crippen LogP contribution in [-0.2, 0) is 23.1 Å². The van der Waals surface area contributed by atoms with E-state index < -0.39 is 17.8 Å². The third-order valence-electron chi connectivity index (χ3n) is 10.7. The highest BCUT2D eigenvalue weighted by molar-refractivity contribution is 6.32. The van der Waals surface area contributed by atoms with Gasteiger partial charge in [0.15, 0.2) is 5.83 Å². The third kappa shape index (κ3) is 4.78. The molecule has 10 heteroatoms. The lowest BCUT2D eigenvalue weighted by Gasteiger charge is -2.42. The van der Waals surface area contributed by atoms with Gasteiger partial charge in [-0.25, -0.2) is 4.39 Å². The molecule has 44 heavy (non-hydrogen) atoms. The van der Waals surface area contributed by atoms with Gasteiger partial charge in [-0.05, 0) is 81.3 Å². The number of hydrogen-bond donors (Lipinski definition) is 0. The van der Waals surface area contributed by atoms with Crippen LogP contribution in [0.5, 0.6) is 6.01 Å². The number of rotatable bonds is 6. The van der Waals surface area contributed by atoms with Gasteiger partial charge in [-0.2, -0.15) is 15.2 Å². The average Bonchev–Trinajstić information content (AvgIpc) is 3.67. The Bertz CT molecular complexity index is 1590. The van der Waals surface area contributed by atoms with Crippen LogP contribution in [0.4, 0.5) is 10.2 Å². The highest BCUT2D eigenvalue weighted by Crippen LogP contribution is 2.51. The molecule has 2 atom stereocenters. The van der Waals surface area contributed by atoms with E-state index in [9.17, 15) is 14.4 Å². The van der Waals surface area contributed by atoms with Crippen LogP contribution in [0.15, 0.2) is 36.7 Å². The predicted octanol–water partition coefficient (Wildman–Crippen LogP) is 5.39. The molecule has 0 radical (unpaired) electrons. The Morgan fingerprint density at radius 2 is 2.00 bits per heavy atom. The van der Waals surface area contributed by atoms with Crippen molar-refractivity contribution >= 4 is 28.9 Å². The number of ether oxygens (including phenoxy) is 1. The monoisotopic (exact) mass is 616 g/mol. The van der Waals surface area contributed by atoms with E-state index in [1.165, 1.54) is 28.9 Å². The van der Waals surface area contributed by atoms with Gasteiger partial charge in [0.05, 0.1) is 29.8 Å². The van der Waals surface area contributed by atoms with Gasteiger partial charge < -0.3 is 14.5 Å². The fraction of sp³-hybridized carbons (Fsp3) is 0.529. The summed E-state index contributed by atoms with van der Waals surface area (Å²) in [6, 6.07) is 8.25. The van der Waals surface area contributed by atoms with Crippen molar-refractivity contribution in [1.29, 1.82) is 5.26 Å². The number of piperazine rings is 1. The largest absolute Gasteiger partial charge is 0.461 e. The topological polar surface area (TPSA) is 85.6 Å². The van der Waals surface area contributed by atoms with Gasteiger partial charge in [0.1, 0.15) is 12.4 Å². The van der Waals surface area contributed by atoms with Gasteiger partial charge in [0.25, 0.3) is 5.91 Å². The first-order chi connectivity index (χ1) is 21.2. The lowest BCUT2D eigenvalue weighted by molar-refractivity contribution is -0.131. The van der Waals surface area contributed by atoms with Crippen LogP contribution in [0, 0.1) is 11.3 Å². The Morgan fingerprint density at radius 1 is 1.20 bits per heavy atom. The molecule has 3 saturated heterocycles. The summed E-state index contributed by atoms with van der Waals surface area (Å²) in [5, 5.41) is 10.3. The van der Waals surface area contributed by atoms with Crippen LogP contribution in [-0.4, -0.2) is 76.6 Å². The van der Waals surface area contributed by atoms with E-state index >= 15 is 0 Å². The molecule has 230 valence electrons. The molecule has 0 bridgehead atoms. The Morgan fingerprint density at radius 3 is 2.75 bits per heavy atom. The molecule has 2 aromatic rings. The minimum atomic E-state index is -1.01. The van der Waals surface area contributed by atoms with E-state index in [0.29, 0.717) is 32.1 Å². The van der Waals surface area contributed by atoms with Gasteiger partial charge >= 0.3 is 6.01 Å². The van der Waals surface area contributed by atoms with Crippen molar-refractivity contribution < 1.29 is 13.9 Å². The van der Waals surface area contributed by atoms with Crippen LogP contribution in [0.3, 0.4) is 0 Å². The van der Waals surface area contributed by atoms with Crippen molar-refractivity contribution in [1.82, 2.24) is 19.8 Å². The zero-order chi connectivity index (χ0) is 30.6. The number of allylic oxidation sites excluding steroid dienone is 2. The second kappa shape index (κ2) is 11.1.